The second-order valence-electron chi connectivity index (χ2n) is 6.78. The van der Waals surface area contributed by atoms with Crippen molar-refractivity contribution in [3.8, 4) is 0 Å². The highest BCUT2D eigenvalue weighted by atomic mass is 16.2. The van der Waals surface area contributed by atoms with Gasteiger partial charge in [0.2, 0.25) is 5.91 Å². The van der Waals surface area contributed by atoms with E-state index in [4.69, 9.17) is 0 Å². The second kappa shape index (κ2) is 9.30. The number of benzene rings is 1. The van der Waals surface area contributed by atoms with Gasteiger partial charge in [0.05, 0.1) is 0 Å². The largest absolute Gasteiger partial charge is 0.369 e. The fourth-order valence-electron chi connectivity index (χ4n) is 2.93. The molecule has 0 aromatic heterocycles. The number of para-hydroxylation sites is 1. The van der Waals surface area contributed by atoms with Gasteiger partial charge in [-0.05, 0) is 45.2 Å². The van der Waals surface area contributed by atoms with Gasteiger partial charge in [-0.25, -0.2) is 4.79 Å². The summed E-state index contributed by atoms with van der Waals surface area (Å²) in [6.45, 7) is 7.44. The van der Waals surface area contributed by atoms with Crippen molar-refractivity contribution in [1.82, 2.24) is 16.0 Å². The van der Waals surface area contributed by atoms with Gasteiger partial charge in [0.25, 0.3) is 0 Å². The van der Waals surface area contributed by atoms with E-state index in [9.17, 15) is 9.59 Å². The molecule has 3 atom stereocenters. The molecule has 1 aromatic carbocycles. The number of hydrogen-bond acceptors (Lipinski definition) is 3. The van der Waals surface area contributed by atoms with Gasteiger partial charge < -0.3 is 20.9 Å². The third-order valence-electron chi connectivity index (χ3n) is 4.62. The lowest BCUT2D eigenvalue weighted by molar-refractivity contribution is -0.123. The highest BCUT2D eigenvalue weighted by Gasteiger charge is 2.23. The molecule has 0 radical (unpaired) electrons. The summed E-state index contributed by atoms with van der Waals surface area (Å²) in [5.74, 6) is -0.154. The van der Waals surface area contributed by atoms with Gasteiger partial charge in [-0.1, -0.05) is 25.1 Å². The van der Waals surface area contributed by atoms with Gasteiger partial charge in [-0.3, -0.25) is 4.79 Å². The number of nitrogens with one attached hydrogen (secondary N) is 3. The maximum atomic E-state index is 12.2. The fourth-order valence-corrected chi connectivity index (χ4v) is 2.93. The number of urea groups is 1. The normalized spacial score (nSPS) is 19.6. The number of piperidine rings is 1. The molecule has 6 nitrogen and oxygen atoms in total. The van der Waals surface area contributed by atoms with Gasteiger partial charge >= 0.3 is 6.03 Å². The first-order valence-electron chi connectivity index (χ1n) is 9.17. The molecule has 1 saturated heterocycles. The van der Waals surface area contributed by atoms with Crippen molar-refractivity contribution in [2.24, 2.45) is 0 Å². The second-order valence-corrected chi connectivity index (χ2v) is 6.78. The predicted molar refractivity (Wildman–Crippen MR) is 101 cm³/mol. The van der Waals surface area contributed by atoms with Gasteiger partial charge in [-0.15, -0.1) is 0 Å². The van der Waals surface area contributed by atoms with Crippen molar-refractivity contribution in [1.29, 1.82) is 0 Å². The van der Waals surface area contributed by atoms with Crippen LogP contribution in [0, 0.1) is 0 Å². The number of rotatable bonds is 6. The monoisotopic (exact) mass is 346 g/mol. The molecule has 3 amide bonds. The van der Waals surface area contributed by atoms with Crippen LogP contribution in [-0.2, 0) is 4.79 Å². The van der Waals surface area contributed by atoms with Crippen molar-refractivity contribution >= 4 is 17.6 Å². The van der Waals surface area contributed by atoms with E-state index in [1.165, 1.54) is 5.69 Å². The van der Waals surface area contributed by atoms with Gasteiger partial charge in [0.1, 0.15) is 6.04 Å². The summed E-state index contributed by atoms with van der Waals surface area (Å²) in [6.07, 6.45) is 2.84. The summed E-state index contributed by atoms with van der Waals surface area (Å²) in [4.78, 5) is 26.5. The number of carbonyl (C=O) groups is 2. The van der Waals surface area contributed by atoms with Crippen molar-refractivity contribution < 1.29 is 9.59 Å². The highest BCUT2D eigenvalue weighted by molar-refractivity contribution is 5.86. The van der Waals surface area contributed by atoms with Crippen LogP contribution in [0.1, 0.15) is 40.0 Å². The van der Waals surface area contributed by atoms with E-state index in [2.05, 4.69) is 33.0 Å². The van der Waals surface area contributed by atoms with E-state index in [0.29, 0.717) is 0 Å². The minimum atomic E-state index is -0.553. The van der Waals surface area contributed by atoms with E-state index in [0.717, 1.165) is 32.4 Å². The fraction of sp³-hybridized carbons (Fsp3) is 0.579. The van der Waals surface area contributed by atoms with Crippen LogP contribution < -0.4 is 20.9 Å². The Balaban J connectivity index is 1.80. The summed E-state index contributed by atoms with van der Waals surface area (Å²) in [5, 5.41) is 8.61. The molecule has 3 N–H and O–H groups in total. The molecular weight excluding hydrogens is 316 g/mol. The lowest BCUT2D eigenvalue weighted by Crippen LogP contribution is -2.54. The molecule has 6 heteroatoms. The Morgan fingerprint density at radius 3 is 2.60 bits per heavy atom. The van der Waals surface area contributed by atoms with Gasteiger partial charge in [-0.2, -0.15) is 0 Å². The molecule has 0 aliphatic carbocycles. The molecule has 1 aliphatic rings. The summed E-state index contributed by atoms with van der Waals surface area (Å²) in [7, 11) is 0. The Bertz CT molecular complexity index is 564. The first-order chi connectivity index (χ1) is 12.0. The van der Waals surface area contributed by atoms with E-state index in [1.54, 1.807) is 6.92 Å². The van der Waals surface area contributed by atoms with Crippen molar-refractivity contribution in [2.75, 3.05) is 18.0 Å². The third-order valence-corrected chi connectivity index (χ3v) is 4.62. The predicted octanol–water partition coefficient (Wildman–Crippen LogP) is 2.26. The van der Waals surface area contributed by atoms with Crippen LogP contribution in [0.5, 0.6) is 0 Å². The molecule has 0 bridgehead atoms. The zero-order chi connectivity index (χ0) is 18.2. The number of anilines is 1. The van der Waals surface area contributed by atoms with Crippen LogP contribution in [0.2, 0.25) is 0 Å². The average Bonchev–Trinajstić information content (AvgIpc) is 2.62. The van der Waals surface area contributed by atoms with Gasteiger partial charge in [0, 0.05) is 30.9 Å². The quantitative estimate of drug-likeness (QED) is 0.740. The maximum Gasteiger partial charge on any atom is 0.315 e. The SMILES string of the molecule is CC[C@H](C)NC(=O)[C@H](C)NC(=O)N[C@@H]1CCCN(c2ccccc2)C1. The van der Waals surface area contributed by atoms with Crippen LogP contribution in [0.4, 0.5) is 10.5 Å². The zero-order valence-electron chi connectivity index (χ0n) is 15.4. The molecule has 138 valence electrons. The van der Waals surface area contributed by atoms with Crippen LogP contribution in [-0.4, -0.2) is 43.2 Å². The first-order valence-corrected chi connectivity index (χ1v) is 9.17. The number of amides is 3. The Morgan fingerprint density at radius 2 is 1.92 bits per heavy atom. The molecule has 1 aliphatic heterocycles. The lowest BCUT2D eigenvalue weighted by atomic mass is 10.1. The molecular formula is C19H30N4O2. The number of hydrogen-bond donors (Lipinski definition) is 3. The standard InChI is InChI=1S/C19H30N4O2/c1-4-14(2)20-18(24)15(3)21-19(25)22-16-9-8-12-23(13-16)17-10-6-5-7-11-17/h5-7,10-11,14-16H,4,8-9,12-13H2,1-3H3,(H,20,24)(H2,21,22,25)/t14-,15-,16+/m0/s1. The van der Waals surface area contributed by atoms with Crippen molar-refractivity contribution in [3.63, 3.8) is 0 Å². The van der Waals surface area contributed by atoms with Crippen LogP contribution in [0.25, 0.3) is 0 Å². The molecule has 1 heterocycles. The Morgan fingerprint density at radius 1 is 1.20 bits per heavy atom. The molecule has 1 fully saturated rings. The summed E-state index contributed by atoms with van der Waals surface area (Å²) in [6, 6.07) is 9.58. The molecule has 25 heavy (non-hydrogen) atoms. The Labute approximate surface area is 150 Å². The zero-order valence-corrected chi connectivity index (χ0v) is 15.4. The number of carbonyl (C=O) groups excluding carboxylic acids is 2. The van der Waals surface area contributed by atoms with Crippen molar-refractivity contribution in [2.45, 2.75) is 58.2 Å². The molecule has 0 unspecified atom stereocenters. The Hall–Kier alpha value is -2.24. The van der Waals surface area contributed by atoms with Gasteiger partial charge in [0.15, 0.2) is 0 Å². The lowest BCUT2D eigenvalue weighted by Gasteiger charge is -2.35. The van der Waals surface area contributed by atoms with Crippen LogP contribution in [0.3, 0.4) is 0 Å². The first kappa shape index (κ1) is 19.1. The third kappa shape index (κ3) is 5.96. The Kier molecular flexibility index (Phi) is 7.10. The minimum absolute atomic E-state index is 0.0822. The van der Waals surface area contributed by atoms with E-state index >= 15 is 0 Å². The average molecular weight is 346 g/mol. The smallest absolute Gasteiger partial charge is 0.315 e. The summed E-state index contributed by atoms with van der Waals surface area (Å²) >= 11 is 0. The minimum Gasteiger partial charge on any atom is -0.369 e. The molecule has 2 rings (SSSR count). The maximum absolute atomic E-state index is 12.2. The van der Waals surface area contributed by atoms with E-state index in [1.807, 2.05) is 32.0 Å². The van der Waals surface area contributed by atoms with Crippen LogP contribution in [0.15, 0.2) is 30.3 Å². The van der Waals surface area contributed by atoms with E-state index in [-0.39, 0.29) is 24.0 Å². The van der Waals surface area contributed by atoms with E-state index < -0.39 is 6.04 Å². The molecule has 0 spiro atoms. The highest BCUT2D eigenvalue weighted by Crippen LogP contribution is 2.19. The number of nitrogens with zero attached hydrogens (tertiary/aromatic N) is 1. The van der Waals surface area contributed by atoms with Crippen molar-refractivity contribution in [3.05, 3.63) is 30.3 Å². The molecule has 1 aromatic rings. The summed E-state index contributed by atoms with van der Waals surface area (Å²) < 4.78 is 0. The van der Waals surface area contributed by atoms with Crippen LogP contribution >= 0.6 is 0 Å². The topological polar surface area (TPSA) is 73.5 Å². The molecule has 0 saturated carbocycles. The summed E-state index contributed by atoms with van der Waals surface area (Å²) in [5.41, 5.74) is 1.18.